The number of rotatable bonds is 6. The Morgan fingerprint density at radius 2 is 1.90 bits per heavy atom. The van der Waals surface area contributed by atoms with Crippen molar-refractivity contribution >= 4 is 39.0 Å². The molecule has 0 saturated carbocycles. The van der Waals surface area contributed by atoms with Crippen molar-refractivity contribution in [3.63, 3.8) is 0 Å². The first-order valence-electron chi connectivity index (χ1n) is 9.06. The molecule has 1 amide bonds. The van der Waals surface area contributed by atoms with Gasteiger partial charge in [-0.05, 0) is 35.9 Å². The topological polar surface area (TPSA) is 66.5 Å². The van der Waals surface area contributed by atoms with Gasteiger partial charge in [0.25, 0.3) is 5.91 Å². The first-order chi connectivity index (χ1) is 14.2. The summed E-state index contributed by atoms with van der Waals surface area (Å²) < 4.78 is 6.85. The quantitative estimate of drug-likeness (QED) is 0.312. The summed E-state index contributed by atoms with van der Waals surface area (Å²) in [6, 6.07) is 22.9. The molecule has 0 atom stereocenters. The molecule has 0 aliphatic carbocycles. The lowest BCUT2D eigenvalue weighted by Gasteiger charge is -2.10. The summed E-state index contributed by atoms with van der Waals surface area (Å²) in [6.45, 7) is 0.363. The van der Waals surface area contributed by atoms with Crippen LogP contribution in [0.1, 0.15) is 21.5 Å². The Bertz CT molecular complexity index is 1180. The van der Waals surface area contributed by atoms with Crippen LogP contribution in [0.15, 0.2) is 88.6 Å². The SMILES string of the molecule is O=C(N/N=C\c1c[nH]c2ccccc12)c1ccccc1OCc1cccc(Br)c1. The summed E-state index contributed by atoms with van der Waals surface area (Å²) in [5.74, 6) is 0.179. The van der Waals surface area contributed by atoms with Crippen LogP contribution in [0.2, 0.25) is 0 Å². The van der Waals surface area contributed by atoms with Crippen LogP contribution in [0.5, 0.6) is 5.75 Å². The number of H-pyrrole nitrogens is 1. The Morgan fingerprint density at radius 3 is 2.79 bits per heavy atom. The smallest absolute Gasteiger partial charge is 0.275 e. The summed E-state index contributed by atoms with van der Waals surface area (Å²) in [6.07, 6.45) is 3.48. The molecule has 2 N–H and O–H groups in total. The Morgan fingerprint density at radius 1 is 1.07 bits per heavy atom. The van der Waals surface area contributed by atoms with E-state index in [2.05, 4.69) is 31.4 Å². The average Bonchev–Trinajstić information content (AvgIpc) is 3.16. The summed E-state index contributed by atoms with van der Waals surface area (Å²) in [7, 11) is 0. The third kappa shape index (κ3) is 4.55. The molecule has 0 spiro atoms. The highest BCUT2D eigenvalue weighted by Gasteiger charge is 2.11. The van der Waals surface area contributed by atoms with E-state index in [1.807, 2.05) is 60.8 Å². The molecule has 0 saturated heterocycles. The lowest BCUT2D eigenvalue weighted by atomic mass is 10.2. The van der Waals surface area contributed by atoms with Crippen molar-refractivity contribution in [3.8, 4) is 5.75 Å². The van der Waals surface area contributed by atoms with Gasteiger partial charge in [0.2, 0.25) is 0 Å². The van der Waals surface area contributed by atoms with E-state index < -0.39 is 0 Å². The zero-order valence-electron chi connectivity index (χ0n) is 15.4. The fourth-order valence-corrected chi connectivity index (χ4v) is 3.44. The Balaban J connectivity index is 1.44. The van der Waals surface area contributed by atoms with E-state index in [1.165, 1.54) is 0 Å². The molecule has 1 heterocycles. The second-order valence-corrected chi connectivity index (χ2v) is 7.32. The average molecular weight is 448 g/mol. The maximum atomic E-state index is 12.6. The number of carbonyl (C=O) groups excluding carboxylic acids is 1. The number of nitrogens with one attached hydrogen (secondary N) is 2. The second-order valence-electron chi connectivity index (χ2n) is 6.40. The molecule has 0 bridgehead atoms. The van der Waals surface area contributed by atoms with Crippen molar-refractivity contribution in [1.29, 1.82) is 0 Å². The Kier molecular flexibility index (Phi) is 5.72. The molecule has 1 aromatic heterocycles. The maximum Gasteiger partial charge on any atom is 0.275 e. The largest absolute Gasteiger partial charge is 0.488 e. The molecular formula is C23H18BrN3O2. The normalized spacial score (nSPS) is 11.1. The predicted octanol–water partition coefficient (Wildman–Crippen LogP) is 5.27. The van der Waals surface area contributed by atoms with Crippen molar-refractivity contribution in [2.24, 2.45) is 5.10 Å². The third-order valence-corrected chi connectivity index (χ3v) is 4.90. The van der Waals surface area contributed by atoms with Crippen molar-refractivity contribution in [3.05, 3.63) is 100 Å². The molecule has 144 valence electrons. The zero-order valence-corrected chi connectivity index (χ0v) is 17.0. The van der Waals surface area contributed by atoms with Crippen molar-refractivity contribution in [1.82, 2.24) is 10.4 Å². The second kappa shape index (κ2) is 8.75. The number of halogens is 1. The van der Waals surface area contributed by atoms with Crippen LogP contribution in [0.25, 0.3) is 10.9 Å². The number of hydrazone groups is 1. The van der Waals surface area contributed by atoms with Crippen LogP contribution in [-0.4, -0.2) is 17.1 Å². The first-order valence-corrected chi connectivity index (χ1v) is 9.86. The van der Waals surface area contributed by atoms with E-state index >= 15 is 0 Å². The molecule has 3 aromatic carbocycles. The van der Waals surface area contributed by atoms with E-state index in [9.17, 15) is 4.79 Å². The minimum Gasteiger partial charge on any atom is -0.488 e. The molecule has 6 heteroatoms. The minimum absolute atomic E-state index is 0.328. The minimum atomic E-state index is -0.328. The van der Waals surface area contributed by atoms with Crippen LogP contribution >= 0.6 is 15.9 Å². The van der Waals surface area contributed by atoms with Crippen LogP contribution in [-0.2, 0) is 6.61 Å². The van der Waals surface area contributed by atoms with E-state index in [1.54, 1.807) is 24.4 Å². The number of amides is 1. The lowest BCUT2D eigenvalue weighted by Crippen LogP contribution is -2.18. The Hall–Kier alpha value is -3.38. The van der Waals surface area contributed by atoms with Gasteiger partial charge in [0, 0.05) is 27.1 Å². The molecule has 0 fully saturated rings. The molecule has 0 aliphatic heterocycles. The molecule has 5 nitrogen and oxygen atoms in total. The first kappa shape index (κ1) is 19.0. The summed E-state index contributed by atoms with van der Waals surface area (Å²) in [5.41, 5.74) is 5.94. The maximum absolute atomic E-state index is 12.6. The summed E-state index contributed by atoms with van der Waals surface area (Å²) in [5, 5.41) is 5.15. The summed E-state index contributed by atoms with van der Waals surface area (Å²) >= 11 is 3.45. The molecule has 29 heavy (non-hydrogen) atoms. The highest BCUT2D eigenvalue weighted by atomic mass is 79.9. The number of ether oxygens (including phenoxy) is 1. The van der Waals surface area contributed by atoms with Crippen LogP contribution in [0, 0.1) is 0 Å². The predicted molar refractivity (Wildman–Crippen MR) is 118 cm³/mol. The number of nitrogens with zero attached hydrogens (tertiary/aromatic N) is 1. The standard InChI is InChI=1S/C23H18BrN3O2/c24-18-7-5-6-16(12-18)15-29-22-11-4-2-9-20(22)23(28)27-26-14-17-13-25-21-10-3-1-8-19(17)21/h1-14,25H,15H2,(H,27,28)/b26-14-. The number of benzene rings is 3. The van der Waals surface area contributed by atoms with Gasteiger partial charge in [0.15, 0.2) is 0 Å². The van der Waals surface area contributed by atoms with Gasteiger partial charge in [-0.3, -0.25) is 4.79 Å². The van der Waals surface area contributed by atoms with E-state index in [-0.39, 0.29) is 5.91 Å². The fraction of sp³-hybridized carbons (Fsp3) is 0.0435. The van der Waals surface area contributed by atoms with Gasteiger partial charge in [-0.15, -0.1) is 0 Å². The Labute approximate surface area is 176 Å². The van der Waals surface area contributed by atoms with E-state index in [0.29, 0.717) is 17.9 Å². The third-order valence-electron chi connectivity index (χ3n) is 4.41. The number of hydrogen-bond acceptors (Lipinski definition) is 3. The van der Waals surface area contributed by atoms with Gasteiger partial charge in [0.05, 0.1) is 11.8 Å². The lowest BCUT2D eigenvalue weighted by molar-refractivity contribution is 0.0950. The van der Waals surface area contributed by atoms with E-state index in [0.717, 1.165) is 26.5 Å². The van der Waals surface area contributed by atoms with Crippen LogP contribution in [0.4, 0.5) is 0 Å². The fourth-order valence-electron chi connectivity index (χ4n) is 2.99. The highest BCUT2D eigenvalue weighted by Crippen LogP contribution is 2.20. The highest BCUT2D eigenvalue weighted by molar-refractivity contribution is 9.10. The molecule has 0 unspecified atom stereocenters. The molecule has 4 rings (SSSR count). The molecule has 4 aromatic rings. The van der Waals surface area contributed by atoms with Gasteiger partial charge in [0.1, 0.15) is 12.4 Å². The van der Waals surface area contributed by atoms with Crippen LogP contribution < -0.4 is 10.2 Å². The van der Waals surface area contributed by atoms with Gasteiger partial charge in [-0.2, -0.15) is 5.10 Å². The van der Waals surface area contributed by atoms with Crippen molar-refractivity contribution in [2.45, 2.75) is 6.61 Å². The molecule has 0 radical (unpaired) electrons. The van der Waals surface area contributed by atoms with Crippen LogP contribution in [0.3, 0.4) is 0 Å². The zero-order chi connectivity index (χ0) is 20.1. The number of fused-ring (bicyclic) bond motifs is 1. The molecule has 0 aliphatic rings. The van der Waals surface area contributed by atoms with Gasteiger partial charge in [-0.1, -0.05) is 58.4 Å². The van der Waals surface area contributed by atoms with Gasteiger partial charge >= 0.3 is 0 Å². The van der Waals surface area contributed by atoms with Crippen molar-refractivity contribution in [2.75, 3.05) is 0 Å². The van der Waals surface area contributed by atoms with Gasteiger partial charge in [-0.25, -0.2) is 5.43 Å². The number of hydrogen-bond donors (Lipinski definition) is 2. The number of carbonyl (C=O) groups is 1. The summed E-state index contributed by atoms with van der Waals surface area (Å²) in [4.78, 5) is 15.8. The van der Waals surface area contributed by atoms with E-state index in [4.69, 9.17) is 4.74 Å². The number of aromatic nitrogens is 1. The number of aromatic amines is 1. The monoisotopic (exact) mass is 447 g/mol. The molecular weight excluding hydrogens is 430 g/mol. The van der Waals surface area contributed by atoms with Gasteiger partial charge < -0.3 is 9.72 Å². The number of para-hydroxylation sites is 2. The van der Waals surface area contributed by atoms with Crippen molar-refractivity contribution < 1.29 is 9.53 Å².